The Balaban J connectivity index is 1.06. The van der Waals surface area contributed by atoms with Crippen molar-refractivity contribution in [2.45, 2.75) is 0 Å². The molecule has 3 nitrogen and oxygen atoms in total. The van der Waals surface area contributed by atoms with E-state index in [9.17, 15) is 0 Å². The standard InChI is InChI=1S/C53H37N3/c54-50(41-17-7-2-8-18-41)35-49(39-15-5-1-6-16-39)47-26-14-23-40-31-32-45(34-48(40)47)38-29-27-37(28-30-38)44-24-13-25-46(33-44)52-36-51(42-19-9-3-10-20-42)55-53(56-52)43-21-11-4-12-22-43/h1-36,54H/b49-35-,54-50?. The highest BCUT2D eigenvalue weighted by Crippen LogP contribution is 2.35. The average Bonchev–Trinajstić information content (AvgIpc) is 3.29. The third-order valence-electron chi connectivity index (χ3n) is 10.2. The average molecular weight is 716 g/mol. The van der Waals surface area contributed by atoms with E-state index in [0.29, 0.717) is 11.5 Å². The smallest absolute Gasteiger partial charge is 0.160 e. The summed E-state index contributed by atoms with van der Waals surface area (Å²) in [5.41, 5.74) is 13.9. The summed E-state index contributed by atoms with van der Waals surface area (Å²) in [5.74, 6) is 0.705. The number of rotatable bonds is 9. The van der Waals surface area contributed by atoms with Gasteiger partial charge in [0.15, 0.2) is 5.82 Å². The van der Waals surface area contributed by atoms with E-state index in [1.54, 1.807) is 0 Å². The minimum Gasteiger partial charge on any atom is -0.300 e. The van der Waals surface area contributed by atoms with Crippen molar-refractivity contribution in [3.63, 3.8) is 0 Å². The van der Waals surface area contributed by atoms with Gasteiger partial charge in [0, 0.05) is 16.7 Å². The summed E-state index contributed by atoms with van der Waals surface area (Å²) < 4.78 is 0. The van der Waals surface area contributed by atoms with Crippen molar-refractivity contribution in [2.75, 3.05) is 0 Å². The first-order chi connectivity index (χ1) is 27.7. The minimum absolute atomic E-state index is 0.477. The molecule has 1 aromatic heterocycles. The van der Waals surface area contributed by atoms with Crippen LogP contribution in [0.2, 0.25) is 0 Å². The van der Waals surface area contributed by atoms with Crippen molar-refractivity contribution in [2.24, 2.45) is 0 Å². The third kappa shape index (κ3) is 7.22. The van der Waals surface area contributed by atoms with Gasteiger partial charge in [-0.05, 0) is 79.6 Å². The lowest BCUT2D eigenvalue weighted by Gasteiger charge is -2.14. The van der Waals surface area contributed by atoms with Gasteiger partial charge in [-0.15, -0.1) is 0 Å². The fraction of sp³-hybridized carbons (Fsp3) is 0. The van der Waals surface area contributed by atoms with Crippen LogP contribution in [0.1, 0.15) is 16.7 Å². The zero-order valence-corrected chi connectivity index (χ0v) is 30.7. The quantitative estimate of drug-likeness (QED) is 0.151. The number of benzene rings is 8. The van der Waals surface area contributed by atoms with Crippen LogP contribution in [0, 0.1) is 5.41 Å². The van der Waals surface area contributed by atoms with Crippen molar-refractivity contribution < 1.29 is 0 Å². The molecule has 9 rings (SSSR count). The molecule has 1 heterocycles. The van der Waals surface area contributed by atoms with Gasteiger partial charge in [0.05, 0.1) is 17.1 Å². The third-order valence-corrected chi connectivity index (χ3v) is 10.2. The van der Waals surface area contributed by atoms with E-state index in [1.165, 1.54) is 0 Å². The van der Waals surface area contributed by atoms with E-state index in [2.05, 4.69) is 140 Å². The van der Waals surface area contributed by atoms with Crippen LogP contribution in [0.5, 0.6) is 0 Å². The van der Waals surface area contributed by atoms with Crippen molar-refractivity contribution in [3.05, 3.63) is 235 Å². The molecule has 0 fully saturated rings. The number of nitrogens with zero attached hydrogens (tertiary/aromatic N) is 2. The summed E-state index contributed by atoms with van der Waals surface area (Å²) in [4.78, 5) is 10.0. The normalized spacial score (nSPS) is 11.4. The molecule has 0 bridgehead atoms. The first-order valence-corrected chi connectivity index (χ1v) is 18.8. The van der Waals surface area contributed by atoms with Crippen molar-refractivity contribution >= 4 is 22.1 Å². The minimum atomic E-state index is 0.477. The van der Waals surface area contributed by atoms with Gasteiger partial charge >= 0.3 is 0 Å². The van der Waals surface area contributed by atoms with Gasteiger partial charge in [0.2, 0.25) is 0 Å². The van der Waals surface area contributed by atoms with Crippen LogP contribution in [0.4, 0.5) is 0 Å². The molecule has 9 aromatic rings. The number of fused-ring (bicyclic) bond motifs is 1. The Morgan fingerprint density at radius 1 is 0.375 bits per heavy atom. The zero-order chi connectivity index (χ0) is 37.7. The van der Waals surface area contributed by atoms with Crippen molar-refractivity contribution in [3.8, 4) is 56.2 Å². The molecule has 0 aliphatic carbocycles. The predicted molar refractivity (Wildman–Crippen MR) is 234 cm³/mol. The molecule has 0 saturated carbocycles. The molecule has 56 heavy (non-hydrogen) atoms. The van der Waals surface area contributed by atoms with Crippen LogP contribution < -0.4 is 0 Å². The first kappa shape index (κ1) is 34.3. The topological polar surface area (TPSA) is 49.6 Å². The second kappa shape index (κ2) is 15.5. The summed E-state index contributed by atoms with van der Waals surface area (Å²) in [5, 5.41) is 11.3. The van der Waals surface area contributed by atoms with Gasteiger partial charge in [-0.1, -0.05) is 194 Å². The van der Waals surface area contributed by atoms with E-state index in [0.717, 1.165) is 83.4 Å². The maximum atomic E-state index is 9.00. The monoisotopic (exact) mass is 715 g/mol. The van der Waals surface area contributed by atoms with Gasteiger partial charge in [-0.3, -0.25) is 0 Å². The molecular formula is C53H37N3. The molecule has 0 unspecified atom stereocenters. The Morgan fingerprint density at radius 3 is 1.54 bits per heavy atom. The van der Waals surface area contributed by atoms with Crippen LogP contribution in [0.15, 0.2) is 218 Å². The Labute approximate surface area is 327 Å². The van der Waals surface area contributed by atoms with Gasteiger partial charge in [-0.2, -0.15) is 0 Å². The lowest BCUT2D eigenvalue weighted by Crippen LogP contribution is -1.98. The number of hydrogen-bond acceptors (Lipinski definition) is 3. The lowest BCUT2D eigenvalue weighted by atomic mass is 9.90. The summed E-state index contributed by atoms with van der Waals surface area (Å²) >= 11 is 0. The number of aromatic nitrogens is 2. The predicted octanol–water partition coefficient (Wildman–Crippen LogP) is 13.5. The van der Waals surface area contributed by atoms with Crippen LogP contribution in [0.25, 0.3) is 72.5 Å². The molecule has 0 radical (unpaired) electrons. The molecular weight excluding hydrogens is 679 g/mol. The maximum Gasteiger partial charge on any atom is 0.160 e. The summed E-state index contributed by atoms with van der Waals surface area (Å²) in [6, 6.07) is 73.4. The Kier molecular flexibility index (Phi) is 9.47. The molecule has 0 saturated heterocycles. The second-order valence-corrected chi connectivity index (χ2v) is 13.8. The Bertz CT molecular complexity index is 2770. The first-order valence-electron chi connectivity index (χ1n) is 18.8. The number of allylic oxidation sites excluding steroid dienone is 1. The van der Waals surface area contributed by atoms with Crippen LogP contribution >= 0.6 is 0 Å². The van der Waals surface area contributed by atoms with E-state index < -0.39 is 0 Å². The summed E-state index contributed by atoms with van der Waals surface area (Å²) in [7, 11) is 0. The molecule has 0 atom stereocenters. The molecule has 0 aliphatic rings. The fourth-order valence-electron chi connectivity index (χ4n) is 7.25. The molecule has 0 amide bonds. The Hall–Kier alpha value is -7.49. The highest BCUT2D eigenvalue weighted by atomic mass is 14.9. The Morgan fingerprint density at radius 2 is 0.875 bits per heavy atom. The molecule has 264 valence electrons. The summed E-state index contributed by atoms with van der Waals surface area (Å²) in [6.45, 7) is 0. The van der Waals surface area contributed by atoms with Crippen LogP contribution in [-0.4, -0.2) is 15.7 Å². The van der Waals surface area contributed by atoms with Gasteiger partial charge in [-0.25, -0.2) is 9.97 Å². The molecule has 3 heteroatoms. The van der Waals surface area contributed by atoms with E-state index in [-0.39, 0.29) is 0 Å². The van der Waals surface area contributed by atoms with Gasteiger partial charge in [0.1, 0.15) is 0 Å². The van der Waals surface area contributed by atoms with Crippen molar-refractivity contribution in [1.82, 2.24) is 9.97 Å². The highest BCUT2D eigenvalue weighted by molar-refractivity contribution is 6.13. The highest BCUT2D eigenvalue weighted by Gasteiger charge is 2.14. The van der Waals surface area contributed by atoms with Gasteiger partial charge in [0.25, 0.3) is 0 Å². The SMILES string of the molecule is N=C(/C=C(/c1ccccc1)c1cccc2ccc(-c3ccc(-c4cccc(-c5cc(-c6ccccc6)nc(-c6ccccc6)n5)c4)cc3)cc12)c1ccccc1. The van der Waals surface area contributed by atoms with Crippen LogP contribution in [-0.2, 0) is 0 Å². The number of nitrogens with one attached hydrogen (secondary N) is 1. The van der Waals surface area contributed by atoms with Crippen molar-refractivity contribution in [1.29, 1.82) is 5.41 Å². The second-order valence-electron chi connectivity index (χ2n) is 13.8. The van der Waals surface area contributed by atoms with E-state index >= 15 is 0 Å². The zero-order valence-electron chi connectivity index (χ0n) is 30.7. The summed E-state index contributed by atoms with van der Waals surface area (Å²) in [6.07, 6.45) is 2.00. The largest absolute Gasteiger partial charge is 0.300 e. The lowest BCUT2D eigenvalue weighted by molar-refractivity contribution is 1.18. The molecule has 8 aromatic carbocycles. The molecule has 0 spiro atoms. The maximum absolute atomic E-state index is 9.00. The fourth-order valence-corrected chi connectivity index (χ4v) is 7.25. The molecule has 0 aliphatic heterocycles. The van der Waals surface area contributed by atoms with E-state index in [1.807, 2.05) is 78.9 Å². The van der Waals surface area contributed by atoms with Gasteiger partial charge < -0.3 is 5.41 Å². The molecule has 1 N–H and O–H groups in total. The number of hydrogen-bond donors (Lipinski definition) is 1. The van der Waals surface area contributed by atoms with E-state index in [4.69, 9.17) is 15.4 Å². The van der Waals surface area contributed by atoms with Crippen LogP contribution in [0.3, 0.4) is 0 Å².